The zero-order valence-electron chi connectivity index (χ0n) is 15.7. The van der Waals surface area contributed by atoms with E-state index in [1.165, 1.54) is 34.9 Å². The minimum absolute atomic E-state index is 0.0177. The number of amides is 2. The quantitative estimate of drug-likeness (QED) is 0.661. The summed E-state index contributed by atoms with van der Waals surface area (Å²) in [5.74, 6) is 0.215. The van der Waals surface area contributed by atoms with Crippen LogP contribution in [0.15, 0.2) is 20.1 Å². The van der Waals surface area contributed by atoms with E-state index in [2.05, 4.69) is 21.2 Å². The van der Waals surface area contributed by atoms with Gasteiger partial charge in [0, 0.05) is 32.6 Å². The Labute approximate surface area is 178 Å². The van der Waals surface area contributed by atoms with Crippen molar-refractivity contribution in [2.75, 3.05) is 32.7 Å². The molecule has 3 rings (SSSR count). The largest absolute Gasteiger partial charge is 0.347 e. The van der Waals surface area contributed by atoms with Crippen LogP contribution in [0.5, 0.6) is 0 Å². The molecule has 1 aliphatic carbocycles. The maximum atomic E-state index is 12.6. The van der Waals surface area contributed by atoms with E-state index >= 15 is 0 Å². The number of thiophene rings is 1. The summed E-state index contributed by atoms with van der Waals surface area (Å²) in [6.45, 7) is 1.18. The molecular weight excluding hydrogens is 466 g/mol. The molecule has 0 bridgehead atoms. The highest BCUT2D eigenvalue weighted by Crippen LogP contribution is 2.29. The predicted molar refractivity (Wildman–Crippen MR) is 112 cm³/mol. The van der Waals surface area contributed by atoms with Gasteiger partial charge in [-0.2, -0.15) is 4.31 Å². The van der Waals surface area contributed by atoms with Gasteiger partial charge in [-0.25, -0.2) is 8.42 Å². The highest BCUT2D eigenvalue weighted by Gasteiger charge is 2.31. The number of nitrogens with zero attached hydrogens (tertiary/aromatic N) is 2. The van der Waals surface area contributed by atoms with E-state index in [4.69, 9.17) is 0 Å². The molecule has 0 atom stereocenters. The van der Waals surface area contributed by atoms with Gasteiger partial charge in [0.15, 0.2) is 0 Å². The number of hydrogen-bond acceptors (Lipinski definition) is 5. The summed E-state index contributed by atoms with van der Waals surface area (Å²) < 4.78 is 27.8. The minimum Gasteiger partial charge on any atom is -0.347 e. The molecule has 0 unspecified atom stereocenters. The van der Waals surface area contributed by atoms with Gasteiger partial charge in [0.05, 0.1) is 10.3 Å². The molecule has 1 saturated carbocycles. The van der Waals surface area contributed by atoms with Gasteiger partial charge in [0.1, 0.15) is 4.21 Å². The molecule has 1 aliphatic heterocycles. The summed E-state index contributed by atoms with van der Waals surface area (Å²) in [4.78, 5) is 26.1. The third kappa shape index (κ3) is 5.55. The van der Waals surface area contributed by atoms with Crippen LogP contribution < -0.4 is 5.32 Å². The van der Waals surface area contributed by atoms with Crippen LogP contribution in [-0.4, -0.2) is 62.2 Å². The number of rotatable bonds is 6. The van der Waals surface area contributed by atoms with Crippen molar-refractivity contribution in [3.8, 4) is 0 Å². The zero-order chi connectivity index (χ0) is 20.1. The van der Waals surface area contributed by atoms with Gasteiger partial charge in [0.25, 0.3) is 10.0 Å². The number of halogens is 1. The second kappa shape index (κ2) is 9.69. The highest BCUT2D eigenvalue weighted by molar-refractivity contribution is 9.11. The van der Waals surface area contributed by atoms with Crippen LogP contribution in [0, 0.1) is 5.92 Å². The van der Waals surface area contributed by atoms with Gasteiger partial charge in [-0.15, -0.1) is 11.3 Å². The van der Waals surface area contributed by atoms with Crippen LogP contribution in [0.1, 0.15) is 38.5 Å². The van der Waals surface area contributed by atoms with Crippen LogP contribution >= 0.6 is 27.3 Å². The maximum Gasteiger partial charge on any atom is 0.252 e. The lowest BCUT2D eigenvalue weighted by atomic mass is 9.87. The number of carbonyl (C=O) groups excluding carboxylic acids is 2. The Hall–Kier alpha value is -0.970. The third-order valence-electron chi connectivity index (χ3n) is 5.37. The fourth-order valence-electron chi connectivity index (χ4n) is 3.75. The average Bonchev–Trinajstić information content (AvgIpc) is 3.14. The van der Waals surface area contributed by atoms with Crippen molar-refractivity contribution < 1.29 is 18.0 Å². The van der Waals surface area contributed by atoms with Crippen molar-refractivity contribution in [3.05, 3.63) is 15.9 Å². The van der Waals surface area contributed by atoms with Gasteiger partial charge in [0.2, 0.25) is 11.8 Å². The van der Waals surface area contributed by atoms with Crippen LogP contribution in [0.4, 0.5) is 0 Å². The highest BCUT2D eigenvalue weighted by atomic mass is 79.9. The fraction of sp³-hybridized carbons (Fsp3) is 0.667. The van der Waals surface area contributed by atoms with Crippen molar-refractivity contribution in [3.63, 3.8) is 0 Å². The van der Waals surface area contributed by atoms with E-state index < -0.39 is 10.0 Å². The molecule has 2 heterocycles. The normalized spacial score (nSPS) is 19.5. The Kier molecular flexibility index (Phi) is 7.52. The van der Waals surface area contributed by atoms with Gasteiger partial charge in [-0.05, 0) is 46.8 Å². The monoisotopic (exact) mass is 491 g/mol. The first-order valence-corrected chi connectivity index (χ1v) is 12.7. The summed E-state index contributed by atoms with van der Waals surface area (Å²) >= 11 is 4.47. The summed E-state index contributed by atoms with van der Waals surface area (Å²) in [5.41, 5.74) is 0. The number of sulfonamides is 1. The predicted octanol–water partition coefficient (Wildman–Crippen LogP) is 2.43. The van der Waals surface area contributed by atoms with Crippen LogP contribution in [0.2, 0.25) is 0 Å². The third-order valence-corrected chi connectivity index (χ3v) is 9.36. The lowest BCUT2D eigenvalue weighted by Gasteiger charge is -2.33. The van der Waals surface area contributed by atoms with E-state index in [9.17, 15) is 18.0 Å². The molecule has 2 aliphatic rings. The summed E-state index contributed by atoms with van der Waals surface area (Å²) in [5, 5.41) is 2.73. The molecule has 7 nitrogen and oxygen atoms in total. The van der Waals surface area contributed by atoms with Crippen molar-refractivity contribution in [1.82, 2.24) is 14.5 Å². The Morgan fingerprint density at radius 3 is 2.39 bits per heavy atom. The molecule has 10 heteroatoms. The summed E-state index contributed by atoms with van der Waals surface area (Å²) in [6.07, 6.45) is 6.31. The van der Waals surface area contributed by atoms with Crippen LogP contribution in [0.3, 0.4) is 0 Å². The molecule has 2 amide bonds. The Bertz CT molecular complexity index is 798. The molecule has 1 aromatic heterocycles. The molecule has 156 valence electrons. The first kappa shape index (κ1) is 21.7. The van der Waals surface area contributed by atoms with Gasteiger partial charge in [-0.1, -0.05) is 19.3 Å². The van der Waals surface area contributed by atoms with Crippen molar-refractivity contribution in [1.29, 1.82) is 0 Å². The second-order valence-corrected chi connectivity index (χ2v) is 12.0. The van der Waals surface area contributed by atoms with E-state index in [0.29, 0.717) is 29.6 Å². The van der Waals surface area contributed by atoms with E-state index in [0.717, 1.165) is 16.6 Å². The number of hydrogen-bond donors (Lipinski definition) is 1. The smallest absolute Gasteiger partial charge is 0.252 e. The summed E-state index contributed by atoms with van der Waals surface area (Å²) in [6, 6.07) is 3.30. The van der Waals surface area contributed by atoms with Crippen LogP contribution in [-0.2, 0) is 19.6 Å². The number of piperazine rings is 1. The molecule has 1 aromatic rings. The van der Waals surface area contributed by atoms with Crippen molar-refractivity contribution in [2.24, 2.45) is 5.92 Å². The van der Waals surface area contributed by atoms with Crippen molar-refractivity contribution >= 4 is 49.1 Å². The second-order valence-electron chi connectivity index (χ2n) is 7.33. The summed E-state index contributed by atoms with van der Waals surface area (Å²) in [7, 11) is -3.52. The number of carbonyl (C=O) groups is 2. The lowest BCUT2D eigenvalue weighted by Crippen LogP contribution is -2.52. The molecular formula is C18H26BrN3O4S2. The van der Waals surface area contributed by atoms with Gasteiger partial charge >= 0.3 is 0 Å². The molecule has 1 saturated heterocycles. The molecule has 0 aromatic carbocycles. The fourth-order valence-corrected chi connectivity index (χ4v) is 7.34. The Morgan fingerprint density at radius 1 is 1.11 bits per heavy atom. The lowest BCUT2D eigenvalue weighted by molar-refractivity contribution is -0.134. The SMILES string of the molecule is O=C(CC1CCCCC1)NCC(=O)N1CCN(S(=O)(=O)c2ccc(Br)s2)CC1. The zero-order valence-corrected chi connectivity index (χ0v) is 19.0. The van der Waals surface area contributed by atoms with E-state index in [1.807, 2.05) is 0 Å². The molecule has 1 N–H and O–H groups in total. The standard InChI is InChI=1S/C18H26BrN3O4S2/c19-15-6-7-18(27-15)28(25,26)22-10-8-21(9-11-22)17(24)13-20-16(23)12-14-4-2-1-3-5-14/h6-7,14H,1-5,8-13H2,(H,20,23). The van der Waals surface area contributed by atoms with Crippen molar-refractivity contribution in [2.45, 2.75) is 42.7 Å². The molecule has 0 spiro atoms. The van der Waals surface area contributed by atoms with E-state index in [-0.39, 0.29) is 31.4 Å². The first-order chi connectivity index (χ1) is 13.4. The minimum atomic E-state index is -3.52. The Balaban J connectivity index is 1.43. The first-order valence-electron chi connectivity index (χ1n) is 9.66. The van der Waals surface area contributed by atoms with Gasteiger partial charge < -0.3 is 10.2 Å². The topological polar surface area (TPSA) is 86.8 Å². The number of nitrogens with one attached hydrogen (secondary N) is 1. The molecule has 0 radical (unpaired) electrons. The Morgan fingerprint density at radius 2 is 1.79 bits per heavy atom. The van der Waals surface area contributed by atoms with Gasteiger partial charge in [-0.3, -0.25) is 9.59 Å². The average molecular weight is 492 g/mol. The molecule has 28 heavy (non-hydrogen) atoms. The van der Waals surface area contributed by atoms with Crippen LogP contribution in [0.25, 0.3) is 0 Å². The molecule has 2 fully saturated rings. The van der Waals surface area contributed by atoms with E-state index in [1.54, 1.807) is 17.0 Å². The maximum absolute atomic E-state index is 12.6.